The van der Waals surface area contributed by atoms with Crippen LogP contribution in [-0.4, -0.2) is 10.2 Å². The number of quaternary nitrogens is 1. The lowest BCUT2D eigenvalue weighted by Gasteiger charge is -2.03. The molecule has 1 aromatic heterocycles. The van der Waals surface area contributed by atoms with E-state index in [0.717, 1.165) is 28.2 Å². The largest absolute Gasteiger partial charge is 0.595 e. The average molecular weight is 240 g/mol. The molecule has 3 N–H and O–H groups in total. The van der Waals surface area contributed by atoms with Crippen molar-refractivity contribution in [1.82, 2.24) is 4.98 Å². The van der Waals surface area contributed by atoms with E-state index in [2.05, 4.69) is 23.2 Å². The first kappa shape index (κ1) is 11.0. The molecule has 3 rings (SSSR count). The molecule has 1 unspecified atom stereocenters. The van der Waals surface area contributed by atoms with Crippen LogP contribution in [0.25, 0.3) is 27.8 Å². The summed E-state index contributed by atoms with van der Waals surface area (Å²) in [4.78, 5) is 3.24. The third-order valence-electron chi connectivity index (χ3n) is 2.95. The first-order chi connectivity index (χ1) is 8.74. The van der Waals surface area contributed by atoms with Gasteiger partial charge in [-0.1, -0.05) is 36.4 Å². The van der Waals surface area contributed by atoms with Crippen molar-refractivity contribution in [1.29, 1.82) is 0 Å². The maximum absolute atomic E-state index is 10.5. The van der Waals surface area contributed by atoms with Crippen molar-refractivity contribution in [3.8, 4) is 0 Å². The van der Waals surface area contributed by atoms with Crippen molar-refractivity contribution < 1.29 is 10.4 Å². The van der Waals surface area contributed by atoms with Crippen LogP contribution in [0.4, 0.5) is 0 Å². The number of aromatic amines is 1. The number of benzene rings is 2. The molecule has 0 radical (unpaired) electrons. The fourth-order valence-corrected chi connectivity index (χ4v) is 2.15. The Hall–Kier alpha value is -2.14. The van der Waals surface area contributed by atoms with E-state index in [-0.39, 0.29) is 0 Å². The van der Waals surface area contributed by atoms with Gasteiger partial charge in [0.05, 0.1) is 5.52 Å². The van der Waals surface area contributed by atoms with Gasteiger partial charge in [0.2, 0.25) is 0 Å². The molecule has 0 spiro atoms. The number of hydrogen-bond acceptors (Lipinski definition) is 2. The topological polar surface area (TPSA) is 63.5 Å². The van der Waals surface area contributed by atoms with E-state index in [1.54, 1.807) is 6.08 Å². The number of fused-ring (bicyclic) bond motifs is 3. The molecular formula is C14H12N2O2. The van der Waals surface area contributed by atoms with Gasteiger partial charge in [-0.05, 0) is 11.5 Å². The molecule has 4 nitrogen and oxygen atoms in total. The summed E-state index contributed by atoms with van der Waals surface area (Å²) in [5, 5.41) is 21.6. The minimum absolute atomic E-state index is 0.795. The number of nitrogens with one attached hydrogen (secondary N) is 2. The number of aromatic nitrogens is 1. The number of H-pyrrole nitrogens is 1. The quantitative estimate of drug-likeness (QED) is 0.600. The molecule has 0 fully saturated rings. The predicted octanol–water partition coefficient (Wildman–Crippen LogP) is 2.06. The molecule has 1 atom stereocenters. The smallest absolute Gasteiger partial charge is 0.129 e. The zero-order chi connectivity index (χ0) is 12.5. The van der Waals surface area contributed by atoms with Gasteiger partial charge in [0, 0.05) is 22.5 Å². The maximum Gasteiger partial charge on any atom is 0.129 e. The molecule has 90 valence electrons. The third-order valence-corrected chi connectivity index (χ3v) is 2.95. The Morgan fingerprint density at radius 2 is 1.89 bits per heavy atom. The third kappa shape index (κ3) is 1.89. The minimum Gasteiger partial charge on any atom is -0.595 e. The molecule has 2 aromatic carbocycles. The fraction of sp³-hybridized carbons (Fsp3) is 0. The van der Waals surface area contributed by atoms with Crippen LogP contribution in [-0.2, 0) is 0 Å². The average Bonchev–Trinajstić information content (AvgIpc) is 2.79. The van der Waals surface area contributed by atoms with Gasteiger partial charge in [-0.3, -0.25) is 0 Å². The van der Waals surface area contributed by atoms with Gasteiger partial charge in [0.15, 0.2) is 0 Å². The summed E-state index contributed by atoms with van der Waals surface area (Å²) >= 11 is 0. The lowest BCUT2D eigenvalue weighted by atomic mass is 10.1. The van der Waals surface area contributed by atoms with Crippen molar-refractivity contribution >= 4 is 27.8 Å². The zero-order valence-corrected chi connectivity index (χ0v) is 9.55. The van der Waals surface area contributed by atoms with Crippen molar-refractivity contribution in [3.63, 3.8) is 0 Å². The predicted molar refractivity (Wildman–Crippen MR) is 71.0 cm³/mol. The van der Waals surface area contributed by atoms with Gasteiger partial charge in [0.25, 0.3) is 0 Å². The molecule has 3 aromatic rings. The standard InChI is InChI=1S/C14H12N2O2/c17-16(18)8-7-12-9-11-6-5-10-3-1-2-4-13(10)14(11)15-12/h1-9,15-17H/b8-7+. The second-order valence-corrected chi connectivity index (χ2v) is 4.15. The van der Waals surface area contributed by atoms with Gasteiger partial charge in [-0.2, -0.15) is 0 Å². The van der Waals surface area contributed by atoms with Crippen LogP contribution in [0, 0.1) is 5.21 Å². The molecule has 0 saturated carbocycles. The minimum atomic E-state index is -0.946. The maximum atomic E-state index is 10.5. The van der Waals surface area contributed by atoms with E-state index in [0.29, 0.717) is 0 Å². The van der Waals surface area contributed by atoms with Crippen molar-refractivity contribution in [2.75, 3.05) is 0 Å². The van der Waals surface area contributed by atoms with Crippen LogP contribution < -0.4 is 5.23 Å². The van der Waals surface area contributed by atoms with Crippen molar-refractivity contribution in [3.05, 3.63) is 59.6 Å². The van der Waals surface area contributed by atoms with Crippen molar-refractivity contribution in [2.45, 2.75) is 0 Å². The number of rotatable bonds is 2. The van der Waals surface area contributed by atoms with Gasteiger partial charge in [0.1, 0.15) is 6.20 Å². The molecule has 0 bridgehead atoms. The summed E-state index contributed by atoms with van der Waals surface area (Å²) < 4.78 is 0. The molecule has 1 heterocycles. The Labute approximate surface area is 103 Å². The molecule has 0 aliphatic heterocycles. The van der Waals surface area contributed by atoms with Crippen LogP contribution in [0.5, 0.6) is 0 Å². The van der Waals surface area contributed by atoms with Gasteiger partial charge in [-0.25, -0.2) is 10.4 Å². The summed E-state index contributed by atoms with van der Waals surface area (Å²) in [5.74, 6) is 0. The van der Waals surface area contributed by atoms with Crippen LogP contribution in [0.3, 0.4) is 0 Å². The first-order valence-corrected chi connectivity index (χ1v) is 5.65. The first-order valence-electron chi connectivity index (χ1n) is 5.65. The van der Waals surface area contributed by atoms with E-state index >= 15 is 0 Å². The molecule has 18 heavy (non-hydrogen) atoms. The van der Waals surface area contributed by atoms with Crippen LogP contribution in [0.15, 0.2) is 48.7 Å². The summed E-state index contributed by atoms with van der Waals surface area (Å²) in [7, 11) is 0. The van der Waals surface area contributed by atoms with E-state index in [4.69, 9.17) is 5.21 Å². The highest BCUT2D eigenvalue weighted by Crippen LogP contribution is 2.25. The normalized spacial score (nSPS) is 13.7. The van der Waals surface area contributed by atoms with Crippen LogP contribution in [0.2, 0.25) is 0 Å². The zero-order valence-electron chi connectivity index (χ0n) is 9.55. The Balaban J connectivity index is 2.19. The lowest BCUT2D eigenvalue weighted by Crippen LogP contribution is -2.99. The van der Waals surface area contributed by atoms with Gasteiger partial charge >= 0.3 is 0 Å². The highest BCUT2D eigenvalue weighted by atomic mass is 16.8. The van der Waals surface area contributed by atoms with Crippen LogP contribution in [0.1, 0.15) is 5.69 Å². The number of hydroxylamine groups is 2. The Morgan fingerprint density at radius 3 is 2.72 bits per heavy atom. The van der Waals surface area contributed by atoms with Crippen LogP contribution >= 0.6 is 0 Å². The fourth-order valence-electron chi connectivity index (χ4n) is 2.15. The summed E-state index contributed by atoms with van der Waals surface area (Å²) in [6, 6.07) is 14.2. The Bertz CT molecular complexity index is 729. The Kier molecular flexibility index (Phi) is 2.60. The lowest BCUT2D eigenvalue weighted by molar-refractivity contribution is -1.00. The Morgan fingerprint density at radius 1 is 1.11 bits per heavy atom. The monoisotopic (exact) mass is 240 g/mol. The van der Waals surface area contributed by atoms with Crippen molar-refractivity contribution in [2.24, 2.45) is 0 Å². The summed E-state index contributed by atoms with van der Waals surface area (Å²) in [6.45, 7) is 0. The van der Waals surface area contributed by atoms with E-state index in [9.17, 15) is 5.21 Å². The van der Waals surface area contributed by atoms with Gasteiger partial charge < -0.3 is 10.2 Å². The van der Waals surface area contributed by atoms with E-state index in [1.165, 1.54) is 5.39 Å². The van der Waals surface area contributed by atoms with E-state index < -0.39 is 5.23 Å². The molecule has 0 saturated heterocycles. The molecule has 0 aliphatic carbocycles. The SMILES string of the molecule is [O-][NH+](O)/C=C/c1cc2ccc3ccccc3c2[nH]1. The molecule has 4 heteroatoms. The highest BCUT2D eigenvalue weighted by molar-refractivity contribution is 6.06. The summed E-state index contributed by atoms with van der Waals surface area (Å²) in [5.41, 5.74) is 1.84. The number of hydrogen-bond donors (Lipinski definition) is 3. The summed E-state index contributed by atoms with van der Waals surface area (Å²) in [6.07, 6.45) is 2.70. The molecule has 0 aliphatic rings. The molecule has 0 amide bonds. The highest BCUT2D eigenvalue weighted by Gasteiger charge is 2.03. The second-order valence-electron chi connectivity index (χ2n) is 4.15. The van der Waals surface area contributed by atoms with E-state index in [1.807, 2.05) is 24.3 Å². The molecular weight excluding hydrogens is 228 g/mol. The van der Waals surface area contributed by atoms with Gasteiger partial charge in [-0.15, -0.1) is 0 Å². The second kappa shape index (κ2) is 4.27.